The van der Waals surface area contributed by atoms with E-state index in [-0.39, 0.29) is 30.2 Å². The maximum Gasteiger partial charge on any atom is 0.287 e. The second kappa shape index (κ2) is 6.52. The third kappa shape index (κ3) is 3.28. The molecule has 1 aromatic carbocycles. The Morgan fingerprint density at radius 2 is 2.09 bits per heavy atom. The van der Waals surface area contributed by atoms with Crippen LogP contribution in [0, 0.1) is 5.92 Å². The number of furan rings is 1. The number of benzene rings is 1. The van der Waals surface area contributed by atoms with Crippen LogP contribution in [0.2, 0.25) is 0 Å². The number of thiazole rings is 1. The summed E-state index contributed by atoms with van der Waals surface area (Å²) in [5.41, 5.74) is 0.917. The fourth-order valence-electron chi connectivity index (χ4n) is 2.13. The Balaban J connectivity index is 1.78. The molecule has 2 atom stereocenters. The topological polar surface area (TPSA) is 75.4 Å². The summed E-state index contributed by atoms with van der Waals surface area (Å²) in [4.78, 5) is 16.7. The van der Waals surface area contributed by atoms with Gasteiger partial charge in [-0.05, 0) is 37.1 Å². The number of rotatable bonds is 5. The second-order valence-corrected chi connectivity index (χ2v) is 6.60. The Hall–Kier alpha value is -2.18. The van der Waals surface area contributed by atoms with Crippen LogP contribution in [0.25, 0.3) is 21.0 Å². The maximum absolute atomic E-state index is 12.2. The van der Waals surface area contributed by atoms with E-state index in [0.717, 1.165) is 15.2 Å². The van der Waals surface area contributed by atoms with Crippen molar-refractivity contribution in [1.82, 2.24) is 10.3 Å². The van der Waals surface area contributed by atoms with E-state index in [9.17, 15) is 4.79 Å². The molecule has 2 N–H and O–H groups in total. The van der Waals surface area contributed by atoms with Crippen LogP contribution in [-0.4, -0.2) is 28.6 Å². The van der Waals surface area contributed by atoms with E-state index < -0.39 is 0 Å². The third-order valence-electron chi connectivity index (χ3n) is 3.83. The van der Waals surface area contributed by atoms with Crippen LogP contribution in [-0.2, 0) is 0 Å². The van der Waals surface area contributed by atoms with E-state index in [1.54, 1.807) is 12.1 Å². The van der Waals surface area contributed by atoms with E-state index in [0.29, 0.717) is 5.76 Å². The largest absolute Gasteiger partial charge is 0.448 e. The number of carbonyl (C=O) groups is 1. The van der Waals surface area contributed by atoms with Gasteiger partial charge >= 0.3 is 0 Å². The molecule has 0 aliphatic rings. The number of aliphatic hydroxyl groups is 1. The van der Waals surface area contributed by atoms with Crippen LogP contribution >= 0.6 is 11.3 Å². The lowest BCUT2D eigenvalue weighted by Gasteiger charge is -2.18. The standard InChI is InChI=1S/C17H18N2O3S/c1-10(9-20)11(2)18-16(21)13-7-8-14(22-13)17-19-12-5-3-4-6-15(12)23-17/h3-8,10-11,20H,9H2,1-2H3,(H,18,21). The molecule has 3 rings (SSSR count). The number of nitrogens with one attached hydrogen (secondary N) is 1. The third-order valence-corrected chi connectivity index (χ3v) is 4.89. The molecular formula is C17H18N2O3S. The molecule has 0 spiro atoms. The lowest BCUT2D eigenvalue weighted by Crippen LogP contribution is -2.38. The molecule has 0 aliphatic heterocycles. The van der Waals surface area contributed by atoms with Gasteiger partial charge in [-0.3, -0.25) is 4.79 Å². The normalized spacial score (nSPS) is 13.9. The molecule has 0 bridgehead atoms. The van der Waals surface area contributed by atoms with Crippen LogP contribution < -0.4 is 5.32 Å². The van der Waals surface area contributed by atoms with Gasteiger partial charge in [0.25, 0.3) is 5.91 Å². The lowest BCUT2D eigenvalue weighted by atomic mass is 10.1. The zero-order chi connectivity index (χ0) is 16.4. The quantitative estimate of drug-likeness (QED) is 0.752. The molecular weight excluding hydrogens is 312 g/mol. The number of amides is 1. The summed E-state index contributed by atoms with van der Waals surface area (Å²) in [6, 6.07) is 11.1. The molecule has 0 fully saturated rings. The summed E-state index contributed by atoms with van der Waals surface area (Å²) < 4.78 is 6.73. The zero-order valence-electron chi connectivity index (χ0n) is 12.9. The van der Waals surface area contributed by atoms with Gasteiger partial charge in [0.2, 0.25) is 0 Å². The van der Waals surface area contributed by atoms with E-state index in [4.69, 9.17) is 9.52 Å². The highest BCUT2D eigenvalue weighted by Gasteiger charge is 2.19. The highest BCUT2D eigenvalue weighted by Crippen LogP contribution is 2.31. The van der Waals surface area contributed by atoms with Gasteiger partial charge in [-0.15, -0.1) is 11.3 Å². The molecule has 0 saturated heterocycles. The van der Waals surface area contributed by atoms with Crippen LogP contribution in [0.1, 0.15) is 24.4 Å². The van der Waals surface area contributed by atoms with Crippen molar-refractivity contribution < 1.29 is 14.3 Å². The average Bonchev–Trinajstić information content (AvgIpc) is 3.20. The van der Waals surface area contributed by atoms with Crippen molar-refractivity contribution in [2.45, 2.75) is 19.9 Å². The molecule has 6 heteroatoms. The van der Waals surface area contributed by atoms with Crippen molar-refractivity contribution in [2.75, 3.05) is 6.61 Å². The highest BCUT2D eigenvalue weighted by atomic mass is 32.1. The molecule has 120 valence electrons. The summed E-state index contributed by atoms with van der Waals surface area (Å²) >= 11 is 1.53. The summed E-state index contributed by atoms with van der Waals surface area (Å²) in [7, 11) is 0. The molecule has 5 nitrogen and oxygen atoms in total. The van der Waals surface area contributed by atoms with E-state index in [2.05, 4.69) is 10.3 Å². The van der Waals surface area contributed by atoms with Crippen LogP contribution in [0.3, 0.4) is 0 Å². The first-order chi connectivity index (χ1) is 11.1. The van der Waals surface area contributed by atoms with E-state index in [1.807, 2.05) is 38.1 Å². The first-order valence-electron chi connectivity index (χ1n) is 7.46. The highest BCUT2D eigenvalue weighted by molar-refractivity contribution is 7.21. The summed E-state index contributed by atoms with van der Waals surface area (Å²) in [6.45, 7) is 3.76. The summed E-state index contributed by atoms with van der Waals surface area (Å²) in [6.07, 6.45) is 0. The minimum absolute atomic E-state index is 0.0161. The Morgan fingerprint density at radius 1 is 1.30 bits per heavy atom. The molecule has 1 amide bonds. The summed E-state index contributed by atoms with van der Waals surface area (Å²) in [5, 5.41) is 12.7. The minimum atomic E-state index is -0.287. The van der Waals surface area contributed by atoms with E-state index >= 15 is 0 Å². The number of carbonyl (C=O) groups excluding carboxylic acids is 1. The molecule has 0 saturated carbocycles. The minimum Gasteiger partial charge on any atom is -0.448 e. The van der Waals surface area contributed by atoms with Gasteiger partial charge in [0.1, 0.15) is 0 Å². The van der Waals surface area contributed by atoms with Crippen molar-refractivity contribution >= 4 is 27.5 Å². The molecule has 23 heavy (non-hydrogen) atoms. The predicted molar refractivity (Wildman–Crippen MR) is 90.5 cm³/mol. The summed E-state index contributed by atoms with van der Waals surface area (Å²) in [5.74, 6) is 0.526. The second-order valence-electron chi connectivity index (χ2n) is 5.57. The van der Waals surface area contributed by atoms with Gasteiger partial charge in [0, 0.05) is 12.6 Å². The van der Waals surface area contributed by atoms with Crippen LogP contribution in [0.4, 0.5) is 0 Å². The van der Waals surface area contributed by atoms with Crippen molar-refractivity contribution in [1.29, 1.82) is 0 Å². The number of para-hydroxylation sites is 1. The Bertz CT molecular complexity index is 791. The van der Waals surface area contributed by atoms with Crippen molar-refractivity contribution in [3.8, 4) is 10.8 Å². The lowest BCUT2D eigenvalue weighted by molar-refractivity contribution is 0.0889. The molecule has 0 radical (unpaired) electrons. The monoisotopic (exact) mass is 330 g/mol. The first kappa shape index (κ1) is 15.7. The molecule has 0 aliphatic carbocycles. The number of aliphatic hydroxyl groups excluding tert-OH is 1. The number of aromatic nitrogens is 1. The molecule has 2 aromatic heterocycles. The van der Waals surface area contributed by atoms with Crippen molar-refractivity contribution in [3.05, 3.63) is 42.2 Å². The van der Waals surface area contributed by atoms with Crippen molar-refractivity contribution in [3.63, 3.8) is 0 Å². The maximum atomic E-state index is 12.2. The Labute approximate surface area is 138 Å². The van der Waals surface area contributed by atoms with Gasteiger partial charge in [-0.25, -0.2) is 4.98 Å². The number of nitrogens with zero attached hydrogens (tertiary/aromatic N) is 1. The molecule has 2 heterocycles. The molecule has 3 aromatic rings. The van der Waals surface area contributed by atoms with Gasteiger partial charge in [-0.2, -0.15) is 0 Å². The zero-order valence-corrected chi connectivity index (χ0v) is 13.8. The first-order valence-corrected chi connectivity index (χ1v) is 8.27. The number of fused-ring (bicyclic) bond motifs is 1. The SMILES string of the molecule is CC(CO)C(C)NC(=O)c1ccc(-c2nc3ccccc3s2)o1. The van der Waals surface area contributed by atoms with Gasteiger partial charge < -0.3 is 14.8 Å². The van der Waals surface area contributed by atoms with Gasteiger partial charge in [0.15, 0.2) is 16.5 Å². The average molecular weight is 330 g/mol. The fraction of sp³-hybridized carbons (Fsp3) is 0.294. The molecule has 2 unspecified atom stereocenters. The van der Waals surface area contributed by atoms with Crippen molar-refractivity contribution in [2.24, 2.45) is 5.92 Å². The van der Waals surface area contributed by atoms with Crippen LogP contribution in [0.5, 0.6) is 0 Å². The van der Waals surface area contributed by atoms with Gasteiger partial charge in [-0.1, -0.05) is 19.1 Å². The predicted octanol–water partition coefficient (Wildman–Crippen LogP) is 3.30. The smallest absolute Gasteiger partial charge is 0.287 e. The number of hydrogen-bond donors (Lipinski definition) is 2. The van der Waals surface area contributed by atoms with E-state index in [1.165, 1.54) is 11.3 Å². The Kier molecular flexibility index (Phi) is 4.45. The van der Waals surface area contributed by atoms with Crippen LogP contribution in [0.15, 0.2) is 40.8 Å². The number of hydrogen-bond acceptors (Lipinski definition) is 5. The Morgan fingerprint density at radius 3 is 2.83 bits per heavy atom. The van der Waals surface area contributed by atoms with Gasteiger partial charge in [0.05, 0.1) is 10.2 Å². The fourth-order valence-corrected chi connectivity index (χ4v) is 3.06.